The van der Waals surface area contributed by atoms with Crippen molar-refractivity contribution in [2.24, 2.45) is 5.92 Å². The molecule has 1 aromatic heterocycles. The SMILES string of the molecule is CN(Cc1ccccc1)C[C@@H]1CCC[C@H]1c1ccc2[nH]cc(C#N)c2c1. The van der Waals surface area contributed by atoms with E-state index >= 15 is 0 Å². The van der Waals surface area contributed by atoms with Gasteiger partial charge < -0.3 is 9.88 Å². The summed E-state index contributed by atoms with van der Waals surface area (Å²) in [6.07, 6.45) is 5.65. The zero-order valence-electron chi connectivity index (χ0n) is 15.3. The lowest BCUT2D eigenvalue weighted by Gasteiger charge is -2.26. The maximum absolute atomic E-state index is 9.32. The molecule has 1 fully saturated rings. The van der Waals surface area contributed by atoms with E-state index in [0.29, 0.717) is 11.8 Å². The fourth-order valence-electron chi connectivity index (χ4n) is 4.52. The third kappa shape index (κ3) is 3.38. The van der Waals surface area contributed by atoms with Crippen molar-refractivity contribution in [2.75, 3.05) is 13.6 Å². The molecule has 1 N–H and O–H groups in total. The number of nitrogens with zero attached hydrogens (tertiary/aromatic N) is 2. The summed E-state index contributed by atoms with van der Waals surface area (Å²) in [7, 11) is 2.23. The first kappa shape index (κ1) is 16.9. The van der Waals surface area contributed by atoms with Crippen LogP contribution >= 0.6 is 0 Å². The number of aromatic nitrogens is 1. The number of benzene rings is 2. The predicted octanol–water partition coefficient (Wildman–Crippen LogP) is 5.06. The van der Waals surface area contributed by atoms with Crippen LogP contribution in [0.4, 0.5) is 0 Å². The van der Waals surface area contributed by atoms with Crippen molar-refractivity contribution in [3.05, 3.63) is 71.4 Å². The first-order valence-corrected chi connectivity index (χ1v) is 9.48. The molecule has 26 heavy (non-hydrogen) atoms. The van der Waals surface area contributed by atoms with Crippen molar-refractivity contribution in [2.45, 2.75) is 31.7 Å². The Bertz CT molecular complexity index is 920. The van der Waals surface area contributed by atoms with Gasteiger partial charge in [-0.2, -0.15) is 5.26 Å². The average Bonchev–Trinajstić information content (AvgIpc) is 3.28. The van der Waals surface area contributed by atoms with Gasteiger partial charge in [-0.05, 0) is 55.0 Å². The van der Waals surface area contributed by atoms with Gasteiger partial charge in [0.2, 0.25) is 0 Å². The standard InChI is InChI=1S/C23H25N3/c1-26(15-17-6-3-2-4-7-17)16-19-8-5-9-21(19)18-10-11-23-22(12-18)20(13-24)14-25-23/h2-4,6-7,10-12,14,19,21,25H,5,8-9,15-16H2,1H3/t19-,21-/m0/s1. The highest BCUT2D eigenvalue weighted by molar-refractivity contribution is 5.86. The van der Waals surface area contributed by atoms with E-state index in [0.717, 1.165) is 29.6 Å². The van der Waals surface area contributed by atoms with Crippen molar-refractivity contribution in [1.82, 2.24) is 9.88 Å². The summed E-state index contributed by atoms with van der Waals surface area (Å²) < 4.78 is 0. The van der Waals surface area contributed by atoms with Gasteiger partial charge in [0, 0.05) is 30.2 Å². The first-order chi connectivity index (χ1) is 12.7. The van der Waals surface area contributed by atoms with E-state index < -0.39 is 0 Å². The Morgan fingerprint density at radius 1 is 1.15 bits per heavy atom. The average molecular weight is 343 g/mol. The van der Waals surface area contributed by atoms with Crippen molar-refractivity contribution in [1.29, 1.82) is 5.26 Å². The molecule has 1 heterocycles. The lowest BCUT2D eigenvalue weighted by molar-refractivity contribution is 0.258. The molecule has 0 spiro atoms. The number of rotatable bonds is 5. The van der Waals surface area contributed by atoms with Gasteiger partial charge in [-0.1, -0.05) is 42.8 Å². The van der Waals surface area contributed by atoms with Crippen LogP contribution in [-0.4, -0.2) is 23.5 Å². The van der Waals surface area contributed by atoms with Crippen LogP contribution in [0.1, 0.15) is 41.9 Å². The predicted molar refractivity (Wildman–Crippen MR) is 106 cm³/mol. The molecule has 4 rings (SSSR count). The highest BCUT2D eigenvalue weighted by Crippen LogP contribution is 2.41. The number of nitrogens with one attached hydrogen (secondary N) is 1. The van der Waals surface area contributed by atoms with E-state index in [1.54, 1.807) is 0 Å². The normalized spacial score (nSPS) is 19.9. The fraction of sp³-hybridized carbons (Fsp3) is 0.348. The minimum Gasteiger partial charge on any atom is -0.360 e. The van der Waals surface area contributed by atoms with E-state index in [9.17, 15) is 5.26 Å². The maximum atomic E-state index is 9.32. The van der Waals surface area contributed by atoms with Crippen LogP contribution in [0, 0.1) is 17.2 Å². The first-order valence-electron chi connectivity index (χ1n) is 9.48. The molecule has 132 valence electrons. The molecule has 3 heteroatoms. The van der Waals surface area contributed by atoms with Gasteiger partial charge in [-0.3, -0.25) is 0 Å². The molecule has 0 amide bonds. The summed E-state index contributed by atoms with van der Waals surface area (Å²) >= 11 is 0. The van der Waals surface area contributed by atoms with Crippen molar-refractivity contribution >= 4 is 10.9 Å². The van der Waals surface area contributed by atoms with Gasteiger partial charge >= 0.3 is 0 Å². The highest BCUT2D eigenvalue weighted by atomic mass is 15.1. The summed E-state index contributed by atoms with van der Waals surface area (Å²) in [5, 5.41) is 10.4. The molecule has 1 saturated carbocycles. The Kier molecular flexibility index (Phi) is 4.77. The van der Waals surface area contributed by atoms with Gasteiger partial charge in [-0.15, -0.1) is 0 Å². The van der Waals surface area contributed by atoms with E-state index in [2.05, 4.69) is 71.5 Å². The Morgan fingerprint density at radius 2 is 2.00 bits per heavy atom. The lowest BCUT2D eigenvalue weighted by atomic mass is 9.87. The zero-order chi connectivity index (χ0) is 17.9. The maximum Gasteiger partial charge on any atom is 0.101 e. The largest absolute Gasteiger partial charge is 0.360 e. The second kappa shape index (κ2) is 7.35. The number of hydrogen-bond donors (Lipinski definition) is 1. The van der Waals surface area contributed by atoms with Crippen LogP contribution in [0.5, 0.6) is 0 Å². The van der Waals surface area contributed by atoms with E-state index in [1.807, 2.05) is 6.20 Å². The third-order valence-electron chi connectivity index (χ3n) is 5.75. The summed E-state index contributed by atoms with van der Waals surface area (Å²) in [5.74, 6) is 1.28. The van der Waals surface area contributed by atoms with Crippen LogP contribution in [0.25, 0.3) is 10.9 Å². The van der Waals surface area contributed by atoms with Crippen LogP contribution in [0.2, 0.25) is 0 Å². The smallest absolute Gasteiger partial charge is 0.101 e. The summed E-state index contributed by atoms with van der Waals surface area (Å²) in [6, 6.07) is 19.6. The van der Waals surface area contributed by atoms with Gasteiger partial charge in [0.25, 0.3) is 0 Å². The number of H-pyrrole nitrogens is 1. The molecule has 0 bridgehead atoms. The van der Waals surface area contributed by atoms with Gasteiger partial charge in [0.05, 0.1) is 5.56 Å². The van der Waals surface area contributed by atoms with E-state index in [1.165, 1.54) is 30.4 Å². The molecular weight excluding hydrogens is 318 g/mol. The van der Waals surface area contributed by atoms with Crippen molar-refractivity contribution < 1.29 is 0 Å². The number of hydrogen-bond acceptors (Lipinski definition) is 2. The molecular formula is C23H25N3. The Morgan fingerprint density at radius 3 is 2.81 bits per heavy atom. The number of aromatic amines is 1. The van der Waals surface area contributed by atoms with Gasteiger partial charge in [0.1, 0.15) is 6.07 Å². The van der Waals surface area contributed by atoms with Crippen molar-refractivity contribution in [3.8, 4) is 6.07 Å². The molecule has 3 nitrogen and oxygen atoms in total. The molecule has 1 aliphatic carbocycles. The zero-order valence-corrected chi connectivity index (χ0v) is 15.3. The summed E-state index contributed by atoms with van der Waals surface area (Å²) in [5.41, 5.74) is 4.57. The summed E-state index contributed by atoms with van der Waals surface area (Å²) in [6.45, 7) is 2.12. The molecule has 2 aromatic carbocycles. The Labute approximate surface area is 155 Å². The van der Waals surface area contributed by atoms with Crippen LogP contribution in [0.3, 0.4) is 0 Å². The topological polar surface area (TPSA) is 42.8 Å². The van der Waals surface area contributed by atoms with Gasteiger partial charge in [-0.25, -0.2) is 0 Å². The number of fused-ring (bicyclic) bond motifs is 1. The highest BCUT2D eigenvalue weighted by Gasteiger charge is 2.29. The monoisotopic (exact) mass is 343 g/mol. The van der Waals surface area contributed by atoms with Crippen molar-refractivity contribution in [3.63, 3.8) is 0 Å². The molecule has 1 aliphatic rings. The van der Waals surface area contributed by atoms with Crippen LogP contribution < -0.4 is 0 Å². The Hall–Kier alpha value is -2.57. The molecule has 0 saturated heterocycles. The quantitative estimate of drug-likeness (QED) is 0.704. The second-order valence-electron chi connectivity index (χ2n) is 7.60. The molecule has 0 radical (unpaired) electrons. The Balaban J connectivity index is 1.50. The fourth-order valence-corrected chi connectivity index (χ4v) is 4.52. The van der Waals surface area contributed by atoms with E-state index in [4.69, 9.17) is 0 Å². The third-order valence-corrected chi connectivity index (χ3v) is 5.75. The molecule has 2 atom stereocenters. The van der Waals surface area contributed by atoms with E-state index in [-0.39, 0.29) is 0 Å². The summed E-state index contributed by atoms with van der Waals surface area (Å²) in [4.78, 5) is 5.65. The minimum absolute atomic E-state index is 0.596. The molecule has 0 unspecified atom stereocenters. The van der Waals surface area contributed by atoms with Crippen LogP contribution in [-0.2, 0) is 6.54 Å². The second-order valence-corrected chi connectivity index (χ2v) is 7.60. The van der Waals surface area contributed by atoms with Crippen LogP contribution in [0.15, 0.2) is 54.7 Å². The lowest BCUT2D eigenvalue weighted by Crippen LogP contribution is -2.26. The number of nitriles is 1. The molecule has 3 aromatic rings. The van der Waals surface area contributed by atoms with Gasteiger partial charge in [0.15, 0.2) is 0 Å². The molecule has 0 aliphatic heterocycles. The minimum atomic E-state index is 0.596.